The molecule has 0 aliphatic carbocycles. The molecule has 72 valence electrons. The Hall–Kier alpha value is -1.08. The summed E-state index contributed by atoms with van der Waals surface area (Å²) >= 11 is 0. The zero-order chi connectivity index (χ0) is 9.86. The fourth-order valence-corrected chi connectivity index (χ4v) is 3.31. The third kappa shape index (κ3) is 1.88. The van der Waals surface area contributed by atoms with Gasteiger partial charge < -0.3 is 8.85 Å². The Bertz CT molecular complexity index is 352. The molecule has 0 saturated heterocycles. The van der Waals surface area contributed by atoms with E-state index in [0.29, 0.717) is 13.2 Å². The lowest BCUT2D eigenvalue weighted by atomic mass is 10.4. The molecule has 1 aromatic rings. The van der Waals surface area contributed by atoms with Gasteiger partial charge in [-0.15, -0.1) is 0 Å². The van der Waals surface area contributed by atoms with E-state index in [0.717, 1.165) is 5.19 Å². The van der Waals surface area contributed by atoms with E-state index in [1.807, 2.05) is 18.2 Å². The van der Waals surface area contributed by atoms with E-state index < -0.39 is 8.56 Å². The lowest BCUT2D eigenvalue weighted by Crippen LogP contribution is -2.50. The summed E-state index contributed by atoms with van der Waals surface area (Å²) in [6.45, 7) is 3.02. The van der Waals surface area contributed by atoms with Crippen molar-refractivity contribution in [3.63, 3.8) is 0 Å². The van der Waals surface area contributed by atoms with Crippen LogP contribution in [0.3, 0.4) is 0 Å². The Morgan fingerprint density at radius 2 is 1.64 bits per heavy atom. The second kappa shape index (κ2) is 3.97. The highest BCUT2D eigenvalue weighted by molar-refractivity contribution is 6.80. The fourth-order valence-electron chi connectivity index (χ4n) is 1.40. The smallest absolute Gasteiger partial charge is 0.370 e. The summed E-state index contributed by atoms with van der Waals surface area (Å²) < 4.78 is 11.4. The third-order valence-electron chi connectivity index (χ3n) is 2.26. The van der Waals surface area contributed by atoms with Gasteiger partial charge in [-0.3, -0.25) is 0 Å². The Kier molecular flexibility index (Phi) is 2.68. The molecule has 0 amide bonds. The van der Waals surface area contributed by atoms with E-state index in [1.165, 1.54) is 0 Å². The summed E-state index contributed by atoms with van der Waals surface area (Å²) in [5.41, 5.74) is 0. The first-order valence-electron chi connectivity index (χ1n) is 4.60. The molecule has 1 heterocycles. The van der Waals surface area contributed by atoms with Crippen LogP contribution in [0.4, 0.5) is 0 Å². The van der Waals surface area contributed by atoms with Crippen molar-refractivity contribution < 1.29 is 8.85 Å². The molecule has 1 aliphatic heterocycles. The molecule has 2 nitrogen and oxygen atoms in total. The van der Waals surface area contributed by atoms with Crippen LogP contribution < -0.4 is 5.19 Å². The van der Waals surface area contributed by atoms with E-state index in [2.05, 4.69) is 30.5 Å². The third-order valence-corrected chi connectivity index (χ3v) is 5.04. The molecule has 0 atom stereocenters. The van der Waals surface area contributed by atoms with E-state index in [9.17, 15) is 0 Å². The summed E-state index contributed by atoms with van der Waals surface area (Å²) in [7, 11) is -2.19. The molecule has 0 fully saturated rings. The van der Waals surface area contributed by atoms with Gasteiger partial charge in [0.05, 0.1) is 13.2 Å². The Labute approximate surface area is 85.1 Å². The van der Waals surface area contributed by atoms with Crippen molar-refractivity contribution in [2.75, 3.05) is 13.2 Å². The number of hydrogen-bond donors (Lipinski definition) is 0. The lowest BCUT2D eigenvalue weighted by molar-refractivity contribution is 0.233. The minimum Gasteiger partial charge on any atom is -0.380 e. The zero-order valence-corrected chi connectivity index (χ0v) is 9.12. The van der Waals surface area contributed by atoms with Gasteiger partial charge in [0.15, 0.2) is 0 Å². The van der Waals surface area contributed by atoms with Crippen molar-refractivity contribution >= 4 is 13.7 Å². The standard InChI is InChI=1S/C11H12O2Si/c1-14(11-7-3-2-4-8-11)12-9-5-6-10-13-14/h2-4,7-8H,9-10H2,1H3. The predicted octanol–water partition coefficient (Wildman–Crippen LogP) is 1.02. The second-order valence-corrected chi connectivity index (χ2v) is 6.29. The van der Waals surface area contributed by atoms with E-state index >= 15 is 0 Å². The zero-order valence-electron chi connectivity index (χ0n) is 8.12. The van der Waals surface area contributed by atoms with Gasteiger partial charge in [0.1, 0.15) is 0 Å². The Balaban J connectivity index is 2.24. The number of benzene rings is 1. The minimum absolute atomic E-state index is 0.484. The summed E-state index contributed by atoms with van der Waals surface area (Å²) in [6.07, 6.45) is 0. The first-order chi connectivity index (χ1) is 6.81. The molecule has 1 aliphatic rings. The summed E-state index contributed by atoms with van der Waals surface area (Å²) in [6, 6.07) is 10.1. The van der Waals surface area contributed by atoms with Crippen molar-refractivity contribution in [3.05, 3.63) is 30.3 Å². The maximum atomic E-state index is 5.72. The molecular weight excluding hydrogens is 192 g/mol. The van der Waals surface area contributed by atoms with Crippen LogP contribution in [0.25, 0.3) is 0 Å². The van der Waals surface area contributed by atoms with E-state index in [4.69, 9.17) is 8.85 Å². The minimum atomic E-state index is -2.19. The fraction of sp³-hybridized carbons (Fsp3) is 0.273. The Morgan fingerprint density at radius 3 is 2.21 bits per heavy atom. The van der Waals surface area contributed by atoms with Crippen molar-refractivity contribution in [1.82, 2.24) is 0 Å². The monoisotopic (exact) mass is 204 g/mol. The van der Waals surface area contributed by atoms with Crippen LogP contribution in [0.5, 0.6) is 0 Å². The lowest BCUT2D eigenvalue weighted by Gasteiger charge is -2.24. The summed E-state index contributed by atoms with van der Waals surface area (Å²) in [5, 5.41) is 1.16. The van der Waals surface area contributed by atoms with Gasteiger partial charge in [0.2, 0.25) is 0 Å². The van der Waals surface area contributed by atoms with Crippen LogP contribution in [0.15, 0.2) is 30.3 Å². The van der Waals surface area contributed by atoms with Gasteiger partial charge >= 0.3 is 8.56 Å². The predicted molar refractivity (Wildman–Crippen MR) is 57.4 cm³/mol. The molecule has 0 saturated carbocycles. The SMILES string of the molecule is C[Si]1(c2ccccc2)OCC#CCO1. The molecule has 14 heavy (non-hydrogen) atoms. The maximum absolute atomic E-state index is 5.72. The first kappa shape index (κ1) is 9.47. The van der Waals surface area contributed by atoms with Gasteiger partial charge in [-0.2, -0.15) is 0 Å². The van der Waals surface area contributed by atoms with Gasteiger partial charge in [-0.1, -0.05) is 42.2 Å². The van der Waals surface area contributed by atoms with Crippen LogP contribution >= 0.6 is 0 Å². The van der Waals surface area contributed by atoms with Crippen molar-refractivity contribution in [2.24, 2.45) is 0 Å². The van der Waals surface area contributed by atoms with Crippen molar-refractivity contribution in [2.45, 2.75) is 6.55 Å². The molecule has 0 spiro atoms. The van der Waals surface area contributed by atoms with Crippen molar-refractivity contribution in [3.8, 4) is 11.8 Å². The van der Waals surface area contributed by atoms with Crippen LogP contribution in [0.2, 0.25) is 6.55 Å². The molecule has 0 radical (unpaired) electrons. The summed E-state index contributed by atoms with van der Waals surface area (Å²) in [4.78, 5) is 0. The molecule has 0 bridgehead atoms. The topological polar surface area (TPSA) is 18.5 Å². The molecule has 0 unspecified atom stereocenters. The van der Waals surface area contributed by atoms with Crippen LogP contribution in [-0.4, -0.2) is 21.8 Å². The van der Waals surface area contributed by atoms with Gasteiger partial charge in [-0.25, -0.2) is 0 Å². The van der Waals surface area contributed by atoms with Crippen LogP contribution in [0.1, 0.15) is 0 Å². The Morgan fingerprint density at radius 1 is 1.07 bits per heavy atom. The van der Waals surface area contributed by atoms with Crippen molar-refractivity contribution in [1.29, 1.82) is 0 Å². The van der Waals surface area contributed by atoms with Crippen LogP contribution in [0, 0.1) is 11.8 Å². The second-order valence-electron chi connectivity index (χ2n) is 3.24. The maximum Gasteiger partial charge on any atom is 0.370 e. The first-order valence-corrected chi connectivity index (χ1v) is 6.92. The quantitative estimate of drug-likeness (QED) is 0.502. The normalized spacial score (nSPS) is 19.2. The molecule has 0 N–H and O–H groups in total. The average molecular weight is 204 g/mol. The largest absolute Gasteiger partial charge is 0.380 e. The molecule has 0 aromatic heterocycles. The molecule has 2 rings (SSSR count). The highest BCUT2D eigenvalue weighted by Gasteiger charge is 2.34. The molecule has 1 aromatic carbocycles. The number of hydrogen-bond acceptors (Lipinski definition) is 2. The highest BCUT2D eigenvalue weighted by Crippen LogP contribution is 2.08. The molecular formula is C11H12O2Si. The van der Waals surface area contributed by atoms with E-state index in [1.54, 1.807) is 0 Å². The number of rotatable bonds is 1. The highest BCUT2D eigenvalue weighted by atomic mass is 28.4. The average Bonchev–Trinajstić information content (AvgIpc) is 2.46. The van der Waals surface area contributed by atoms with E-state index in [-0.39, 0.29) is 0 Å². The van der Waals surface area contributed by atoms with Gasteiger partial charge in [-0.05, 0) is 11.7 Å². The summed E-state index contributed by atoms with van der Waals surface area (Å²) in [5.74, 6) is 5.82. The van der Waals surface area contributed by atoms with Gasteiger partial charge in [0.25, 0.3) is 0 Å². The van der Waals surface area contributed by atoms with Gasteiger partial charge in [0, 0.05) is 0 Å². The van der Waals surface area contributed by atoms with Crippen LogP contribution in [-0.2, 0) is 8.85 Å². The molecule has 3 heteroatoms.